The molecule has 39 heavy (non-hydrogen) atoms. The van der Waals surface area contributed by atoms with Crippen LogP contribution in [0.2, 0.25) is 0 Å². The van der Waals surface area contributed by atoms with Crippen molar-refractivity contribution in [3.8, 4) is 11.5 Å². The molecule has 0 amide bonds. The molecule has 0 fully saturated rings. The van der Waals surface area contributed by atoms with Crippen molar-refractivity contribution in [2.75, 3.05) is 26.3 Å². The highest BCUT2D eigenvalue weighted by Crippen LogP contribution is 2.38. The molecule has 0 aliphatic carbocycles. The van der Waals surface area contributed by atoms with Gasteiger partial charge in [-0.1, -0.05) is 46.8 Å². The van der Waals surface area contributed by atoms with Crippen molar-refractivity contribution in [1.82, 2.24) is 20.0 Å². The molecule has 0 saturated heterocycles. The maximum atomic E-state index is 6.29. The number of hydrogen-bond acceptors (Lipinski definition) is 5. The fraction of sp³-hybridized carbons (Fsp3) is 0.606. The first-order chi connectivity index (χ1) is 18.0. The van der Waals surface area contributed by atoms with Crippen LogP contribution in [-0.2, 0) is 10.8 Å². The molecule has 0 spiro atoms. The van der Waals surface area contributed by atoms with E-state index in [0.29, 0.717) is 13.2 Å². The molecule has 3 aromatic rings. The van der Waals surface area contributed by atoms with Crippen LogP contribution in [0.5, 0.6) is 11.5 Å². The van der Waals surface area contributed by atoms with Crippen LogP contribution in [0.25, 0.3) is 5.65 Å². The van der Waals surface area contributed by atoms with Crippen molar-refractivity contribution in [2.45, 2.75) is 104 Å². The number of nitrogens with zero attached hydrogens (tertiary/aromatic N) is 2. The molecule has 0 radical (unpaired) electrons. The molecular formula is C33H52N4O2. The third-order valence-corrected chi connectivity index (χ3v) is 6.79. The second kappa shape index (κ2) is 11.9. The Labute approximate surface area is 236 Å². The summed E-state index contributed by atoms with van der Waals surface area (Å²) < 4.78 is 14.5. The van der Waals surface area contributed by atoms with E-state index in [1.54, 1.807) is 0 Å². The van der Waals surface area contributed by atoms with Gasteiger partial charge < -0.3 is 24.5 Å². The predicted molar refractivity (Wildman–Crippen MR) is 164 cm³/mol. The molecule has 2 aromatic heterocycles. The van der Waals surface area contributed by atoms with E-state index < -0.39 is 0 Å². The molecule has 0 bridgehead atoms. The SMILES string of the molecule is CC(C)(C)NCCCOc1cc(C(C)(C)c2cccc(OCCNC(C)(C)C)c2)c2nc(C(C)(C)C)cn2c1. The lowest BCUT2D eigenvalue weighted by atomic mass is 9.78. The average molecular weight is 537 g/mol. The van der Waals surface area contributed by atoms with Crippen molar-refractivity contribution in [1.29, 1.82) is 0 Å². The van der Waals surface area contributed by atoms with Crippen LogP contribution in [0.15, 0.2) is 42.7 Å². The molecule has 2 N–H and O–H groups in total. The molecule has 0 aliphatic rings. The molecule has 1 aromatic carbocycles. The minimum atomic E-state index is -0.321. The Hall–Kier alpha value is -2.57. The van der Waals surface area contributed by atoms with Gasteiger partial charge in [-0.15, -0.1) is 0 Å². The van der Waals surface area contributed by atoms with Gasteiger partial charge in [-0.05, 0) is 78.3 Å². The van der Waals surface area contributed by atoms with Crippen molar-refractivity contribution >= 4 is 5.65 Å². The highest BCUT2D eigenvalue weighted by Gasteiger charge is 2.29. The van der Waals surface area contributed by atoms with E-state index in [1.165, 1.54) is 5.56 Å². The van der Waals surface area contributed by atoms with Crippen molar-refractivity contribution in [3.05, 3.63) is 59.5 Å². The minimum absolute atomic E-state index is 0.0536. The van der Waals surface area contributed by atoms with Gasteiger partial charge >= 0.3 is 0 Å². The third-order valence-electron chi connectivity index (χ3n) is 6.79. The number of hydrogen-bond donors (Lipinski definition) is 2. The summed E-state index contributed by atoms with van der Waals surface area (Å²) in [6.45, 7) is 27.2. The molecule has 3 rings (SSSR count). The third kappa shape index (κ3) is 8.97. The summed E-state index contributed by atoms with van der Waals surface area (Å²) in [5.41, 5.74) is 4.15. The predicted octanol–water partition coefficient (Wildman–Crippen LogP) is 6.88. The first-order valence-corrected chi connectivity index (χ1v) is 14.4. The van der Waals surface area contributed by atoms with Crippen LogP contribution < -0.4 is 20.1 Å². The molecule has 0 atom stereocenters. The van der Waals surface area contributed by atoms with Gasteiger partial charge in [-0.3, -0.25) is 0 Å². The molecule has 0 unspecified atom stereocenters. The summed E-state index contributed by atoms with van der Waals surface area (Å²) in [4.78, 5) is 5.12. The van der Waals surface area contributed by atoms with E-state index >= 15 is 0 Å². The quantitative estimate of drug-likeness (QED) is 0.262. The van der Waals surface area contributed by atoms with E-state index in [1.807, 2.05) is 6.07 Å². The van der Waals surface area contributed by atoms with Gasteiger partial charge in [0.1, 0.15) is 23.8 Å². The highest BCUT2D eigenvalue weighted by atomic mass is 16.5. The van der Waals surface area contributed by atoms with Crippen LogP contribution in [-0.4, -0.2) is 46.8 Å². The van der Waals surface area contributed by atoms with E-state index in [2.05, 4.69) is 128 Å². The van der Waals surface area contributed by atoms with E-state index in [9.17, 15) is 0 Å². The lowest BCUT2D eigenvalue weighted by Gasteiger charge is -2.28. The normalized spacial score (nSPS) is 13.2. The Morgan fingerprint density at radius 1 is 0.744 bits per heavy atom. The van der Waals surface area contributed by atoms with Gasteiger partial charge in [0.15, 0.2) is 0 Å². The van der Waals surface area contributed by atoms with Crippen molar-refractivity contribution < 1.29 is 9.47 Å². The lowest BCUT2D eigenvalue weighted by Crippen LogP contribution is -2.38. The number of rotatable bonds is 11. The summed E-state index contributed by atoms with van der Waals surface area (Å²) in [7, 11) is 0. The number of nitrogens with one attached hydrogen (secondary N) is 2. The largest absolute Gasteiger partial charge is 0.492 e. The first-order valence-electron chi connectivity index (χ1n) is 14.4. The fourth-order valence-corrected chi connectivity index (χ4v) is 4.42. The Balaban J connectivity index is 1.89. The summed E-state index contributed by atoms with van der Waals surface area (Å²) in [5, 5.41) is 7.02. The number of aromatic nitrogens is 2. The standard InChI is InChI=1S/C33H52N4O2/c1-30(2,3)28-23-37-22-26(38-18-13-16-34-31(4,5)6)21-27(29(37)36-28)33(10,11)24-14-12-15-25(20-24)39-19-17-35-32(7,8)9/h12,14-15,20-23,34-35H,13,16-19H2,1-11H3. The summed E-state index contributed by atoms with van der Waals surface area (Å²) in [6.07, 6.45) is 5.15. The Kier molecular flexibility index (Phi) is 9.44. The van der Waals surface area contributed by atoms with Gasteiger partial charge in [0.05, 0.1) is 18.5 Å². The number of benzene rings is 1. The Bertz CT molecular complexity index is 1220. The Morgan fingerprint density at radius 3 is 2.03 bits per heavy atom. The minimum Gasteiger partial charge on any atom is -0.492 e. The van der Waals surface area contributed by atoms with Crippen molar-refractivity contribution in [2.24, 2.45) is 0 Å². The van der Waals surface area contributed by atoms with Crippen LogP contribution in [0.4, 0.5) is 0 Å². The van der Waals surface area contributed by atoms with E-state index in [-0.39, 0.29) is 21.9 Å². The zero-order valence-electron chi connectivity index (χ0n) is 26.3. The maximum Gasteiger partial charge on any atom is 0.141 e. The number of ether oxygens (including phenoxy) is 2. The molecular weight excluding hydrogens is 484 g/mol. The summed E-state index contributed by atoms with van der Waals surface area (Å²) in [6, 6.07) is 10.6. The fourth-order valence-electron chi connectivity index (χ4n) is 4.42. The first kappa shape index (κ1) is 31.0. The number of imidazole rings is 1. The van der Waals surface area contributed by atoms with Crippen LogP contribution >= 0.6 is 0 Å². The lowest BCUT2D eigenvalue weighted by molar-refractivity contribution is 0.290. The molecule has 0 saturated carbocycles. The zero-order chi connectivity index (χ0) is 29.1. The number of pyridine rings is 1. The second-order valence-electron chi connectivity index (χ2n) is 14.3. The topological polar surface area (TPSA) is 59.8 Å². The van der Waals surface area contributed by atoms with Gasteiger partial charge in [0.25, 0.3) is 0 Å². The Morgan fingerprint density at radius 2 is 1.38 bits per heavy atom. The van der Waals surface area contributed by atoms with Gasteiger partial charge in [0.2, 0.25) is 0 Å². The molecule has 2 heterocycles. The van der Waals surface area contributed by atoms with Gasteiger partial charge in [0, 0.05) is 40.2 Å². The second-order valence-corrected chi connectivity index (χ2v) is 14.3. The van der Waals surface area contributed by atoms with E-state index in [0.717, 1.165) is 47.9 Å². The summed E-state index contributed by atoms with van der Waals surface area (Å²) >= 11 is 0. The van der Waals surface area contributed by atoms with Gasteiger partial charge in [-0.25, -0.2) is 4.98 Å². The monoisotopic (exact) mass is 536 g/mol. The smallest absolute Gasteiger partial charge is 0.141 e. The van der Waals surface area contributed by atoms with Crippen LogP contribution in [0.3, 0.4) is 0 Å². The zero-order valence-corrected chi connectivity index (χ0v) is 26.3. The van der Waals surface area contributed by atoms with Crippen LogP contribution in [0, 0.1) is 0 Å². The van der Waals surface area contributed by atoms with Gasteiger partial charge in [-0.2, -0.15) is 0 Å². The molecule has 216 valence electrons. The molecule has 0 aliphatic heterocycles. The summed E-state index contributed by atoms with van der Waals surface area (Å²) in [5.74, 6) is 1.74. The number of fused-ring (bicyclic) bond motifs is 1. The van der Waals surface area contributed by atoms with E-state index in [4.69, 9.17) is 14.5 Å². The van der Waals surface area contributed by atoms with Crippen molar-refractivity contribution in [3.63, 3.8) is 0 Å². The molecule has 6 nitrogen and oxygen atoms in total. The average Bonchev–Trinajstić information content (AvgIpc) is 3.25. The molecule has 6 heteroatoms. The maximum absolute atomic E-state index is 6.29. The van der Waals surface area contributed by atoms with Crippen LogP contribution in [0.1, 0.15) is 99.4 Å². The highest BCUT2D eigenvalue weighted by molar-refractivity contribution is 5.59.